The molecule has 58 valence electrons. The van der Waals surface area contributed by atoms with E-state index in [0.29, 0.717) is 6.04 Å². The highest BCUT2D eigenvalue weighted by Crippen LogP contribution is 2.26. The molecule has 0 saturated heterocycles. The van der Waals surface area contributed by atoms with Crippen molar-refractivity contribution >= 4 is 5.91 Å². The summed E-state index contributed by atoms with van der Waals surface area (Å²) in [5.74, 6) is 0.240. The molecule has 0 radical (unpaired) electrons. The molecule has 0 aromatic heterocycles. The van der Waals surface area contributed by atoms with E-state index in [0.717, 1.165) is 13.0 Å². The van der Waals surface area contributed by atoms with Crippen LogP contribution in [-0.4, -0.2) is 23.4 Å². The van der Waals surface area contributed by atoms with Crippen LogP contribution in [0.4, 0.5) is 0 Å². The number of nitrogens with zero attached hydrogens (tertiary/aromatic N) is 1. The van der Waals surface area contributed by atoms with Gasteiger partial charge in [0.05, 0.1) is 0 Å². The molecule has 0 unspecified atom stereocenters. The van der Waals surface area contributed by atoms with Gasteiger partial charge in [-0.15, -0.1) is 0 Å². The van der Waals surface area contributed by atoms with Crippen LogP contribution >= 0.6 is 0 Å². The fourth-order valence-corrected chi connectivity index (χ4v) is 1.22. The van der Waals surface area contributed by atoms with E-state index in [4.69, 9.17) is 0 Å². The summed E-state index contributed by atoms with van der Waals surface area (Å²) in [6, 6.07) is 0.595. The second-order valence-electron chi connectivity index (χ2n) is 2.94. The molecule has 1 amide bonds. The summed E-state index contributed by atoms with van der Waals surface area (Å²) in [5.41, 5.74) is 0. The van der Waals surface area contributed by atoms with Gasteiger partial charge in [0.15, 0.2) is 0 Å². The Hall–Kier alpha value is -0.530. The van der Waals surface area contributed by atoms with Crippen LogP contribution in [0.5, 0.6) is 0 Å². The molecule has 1 fully saturated rings. The zero-order chi connectivity index (χ0) is 7.56. The van der Waals surface area contributed by atoms with Crippen molar-refractivity contribution in [2.24, 2.45) is 0 Å². The predicted molar refractivity (Wildman–Crippen MR) is 40.7 cm³/mol. The van der Waals surface area contributed by atoms with Crippen LogP contribution in [0.15, 0.2) is 0 Å². The fourth-order valence-electron chi connectivity index (χ4n) is 1.22. The maximum Gasteiger partial charge on any atom is 0.219 e. The second-order valence-corrected chi connectivity index (χ2v) is 2.94. The van der Waals surface area contributed by atoms with Gasteiger partial charge in [-0.3, -0.25) is 4.79 Å². The minimum atomic E-state index is 0.240. The molecule has 0 bridgehead atoms. The van der Waals surface area contributed by atoms with Gasteiger partial charge in [-0.25, -0.2) is 0 Å². The SMILES string of the molecule is CCCN(C(C)=O)C1CC1. The predicted octanol–water partition coefficient (Wildman–Crippen LogP) is 1.41. The van der Waals surface area contributed by atoms with Gasteiger partial charge in [0.25, 0.3) is 0 Å². The lowest BCUT2D eigenvalue weighted by molar-refractivity contribution is -0.129. The van der Waals surface area contributed by atoms with Gasteiger partial charge in [-0.1, -0.05) is 6.92 Å². The van der Waals surface area contributed by atoms with Crippen LogP contribution in [0, 0.1) is 0 Å². The summed E-state index contributed by atoms with van der Waals surface area (Å²) in [5, 5.41) is 0. The number of hydrogen-bond acceptors (Lipinski definition) is 1. The Morgan fingerprint density at radius 1 is 1.60 bits per heavy atom. The fraction of sp³-hybridized carbons (Fsp3) is 0.875. The highest BCUT2D eigenvalue weighted by atomic mass is 16.2. The van der Waals surface area contributed by atoms with E-state index in [1.54, 1.807) is 6.92 Å². The molecule has 0 aromatic rings. The van der Waals surface area contributed by atoms with E-state index in [2.05, 4.69) is 6.92 Å². The normalized spacial score (nSPS) is 17.0. The van der Waals surface area contributed by atoms with Crippen molar-refractivity contribution in [1.29, 1.82) is 0 Å². The average Bonchev–Trinajstić information content (AvgIpc) is 2.63. The molecule has 1 aliphatic carbocycles. The number of rotatable bonds is 3. The molecule has 2 nitrogen and oxygen atoms in total. The molecule has 0 N–H and O–H groups in total. The number of hydrogen-bond donors (Lipinski definition) is 0. The molecule has 1 rings (SSSR count). The van der Waals surface area contributed by atoms with Crippen molar-refractivity contribution < 1.29 is 4.79 Å². The first-order chi connectivity index (χ1) is 4.75. The maximum atomic E-state index is 10.9. The van der Waals surface area contributed by atoms with Crippen LogP contribution in [-0.2, 0) is 4.79 Å². The van der Waals surface area contributed by atoms with Crippen molar-refractivity contribution in [3.63, 3.8) is 0 Å². The first kappa shape index (κ1) is 7.58. The molecule has 0 spiro atoms. The van der Waals surface area contributed by atoms with Gasteiger partial charge in [-0.2, -0.15) is 0 Å². The molecule has 2 heteroatoms. The minimum absolute atomic E-state index is 0.240. The standard InChI is InChI=1S/C8H15NO/c1-3-6-9(7(2)10)8-4-5-8/h8H,3-6H2,1-2H3. The monoisotopic (exact) mass is 141 g/mol. The minimum Gasteiger partial charge on any atom is -0.340 e. The van der Waals surface area contributed by atoms with Gasteiger partial charge in [-0.05, 0) is 19.3 Å². The van der Waals surface area contributed by atoms with Crippen molar-refractivity contribution in [2.75, 3.05) is 6.54 Å². The third kappa shape index (κ3) is 1.72. The third-order valence-electron chi connectivity index (χ3n) is 1.86. The Morgan fingerprint density at radius 3 is 2.50 bits per heavy atom. The molecule has 1 saturated carbocycles. The van der Waals surface area contributed by atoms with Crippen molar-refractivity contribution in [2.45, 2.75) is 39.2 Å². The lowest BCUT2D eigenvalue weighted by Crippen LogP contribution is -2.31. The van der Waals surface area contributed by atoms with Crippen LogP contribution in [0.3, 0.4) is 0 Å². The zero-order valence-electron chi connectivity index (χ0n) is 6.76. The van der Waals surface area contributed by atoms with E-state index in [9.17, 15) is 4.79 Å². The molecular formula is C8H15NO. The maximum absolute atomic E-state index is 10.9. The molecule has 0 heterocycles. The number of carbonyl (C=O) groups is 1. The van der Waals surface area contributed by atoms with E-state index in [-0.39, 0.29) is 5.91 Å². The van der Waals surface area contributed by atoms with Crippen LogP contribution in [0.2, 0.25) is 0 Å². The van der Waals surface area contributed by atoms with E-state index < -0.39 is 0 Å². The van der Waals surface area contributed by atoms with Crippen LogP contribution < -0.4 is 0 Å². The lowest BCUT2D eigenvalue weighted by atomic mass is 10.4. The van der Waals surface area contributed by atoms with Crippen molar-refractivity contribution in [1.82, 2.24) is 4.90 Å². The summed E-state index contributed by atoms with van der Waals surface area (Å²) in [6.07, 6.45) is 3.52. The summed E-state index contributed by atoms with van der Waals surface area (Å²) < 4.78 is 0. The molecule has 0 aliphatic heterocycles. The van der Waals surface area contributed by atoms with E-state index in [1.165, 1.54) is 12.8 Å². The first-order valence-electron chi connectivity index (χ1n) is 4.03. The van der Waals surface area contributed by atoms with Gasteiger partial charge in [0.2, 0.25) is 5.91 Å². The van der Waals surface area contributed by atoms with Gasteiger partial charge < -0.3 is 4.90 Å². The second kappa shape index (κ2) is 3.04. The summed E-state index contributed by atoms with van der Waals surface area (Å²) >= 11 is 0. The topological polar surface area (TPSA) is 20.3 Å². The molecule has 0 aromatic carbocycles. The molecule has 10 heavy (non-hydrogen) atoms. The Bertz CT molecular complexity index is 129. The Kier molecular flexibility index (Phi) is 2.30. The summed E-state index contributed by atoms with van der Waals surface area (Å²) in [7, 11) is 0. The molecule has 0 atom stereocenters. The highest BCUT2D eigenvalue weighted by molar-refractivity contribution is 5.73. The Labute approximate surface area is 62.2 Å². The molecular weight excluding hydrogens is 126 g/mol. The first-order valence-corrected chi connectivity index (χ1v) is 4.03. The van der Waals surface area contributed by atoms with Gasteiger partial charge in [0, 0.05) is 19.5 Å². The number of carbonyl (C=O) groups excluding carboxylic acids is 1. The van der Waals surface area contributed by atoms with E-state index >= 15 is 0 Å². The van der Waals surface area contributed by atoms with Gasteiger partial charge in [0.1, 0.15) is 0 Å². The lowest BCUT2D eigenvalue weighted by Gasteiger charge is -2.18. The quantitative estimate of drug-likeness (QED) is 0.582. The summed E-state index contributed by atoms with van der Waals surface area (Å²) in [4.78, 5) is 12.9. The Balaban J connectivity index is 2.34. The summed E-state index contributed by atoms with van der Waals surface area (Å²) in [6.45, 7) is 4.71. The largest absolute Gasteiger partial charge is 0.340 e. The molecule has 1 aliphatic rings. The van der Waals surface area contributed by atoms with E-state index in [1.807, 2.05) is 4.90 Å². The van der Waals surface area contributed by atoms with Crippen molar-refractivity contribution in [3.05, 3.63) is 0 Å². The Morgan fingerprint density at radius 2 is 2.20 bits per heavy atom. The van der Waals surface area contributed by atoms with Crippen LogP contribution in [0.1, 0.15) is 33.1 Å². The van der Waals surface area contributed by atoms with Gasteiger partial charge >= 0.3 is 0 Å². The average molecular weight is 141 g/mol. The highest BCUT2D eigenvalue weighted by Gasteiger charge is 2.29. The smallest absolute Gasteiger partial charge is 0.219 e. The third-order valence-corrected chi connectivity index (χ3v) is 1.86. The van der Waals surface area contributed by atoms with Crippen LogP contribution in [0.25, 0.3) is 0 Å². The number of amides is 1. The zero-order valence-corrected chi connectivity index (χ0v) is 6.76. The van der Waals surface area contributed by atoms with Crippen molar-refractivity contribution in [3.8, 4) is 0 Å².